The number of thiophene rings is 1. The van der Waals surface area contributed by atoms with E-state index in [-0.39, 0.29) is 5.56 Å². The highest BCUT2D eigenvalue weighted by Gasteiger charge is 2.13. The Balaban J connectivity index is 1.73. The van der Waals surface area contributed by atoms with Crippen LogP contribution in [0.15, 0.2) is 28.8 Å². The van der Waals surface area contributed by atoms with Gasteiger partial charge in [-0.05, 0) is 11.4 Å². The lowest BCUT2D eigenvalue weighted by molar-refractivity contribution is 0.784. The number of hydrogen-bond acceptors (Lipinski definition) is 7. The third-order valence-electron chi connectivity index (χ3n) is 3.62. The first-order chi connectivity index (χ1) is 11.1. The minimum Gasteiger partial charge on any atom is -0.351 e. The predicted octanol–water partition coefficient (Wildman–Crippen LogP) is 1.30. The van der Waals surface area contributed by atoms with Crippen LogP contribution >= 0.6 is 11.3 Å². The summed E-state index contributed by atoms with van der Waals surface area (Å²) in [6.07, 6.45) is 3.24. The van der Waals surface area contributed by atoms with Crippen LogP contribution in [-0.2, 0) is 13.6 Å². The molecule has 0 amide bonds. The van der Waals surface area contributed by atoms with Gasteiger partial charge in [-0.25, -0.2) is 15.0 Å². The number of aromatic amines is 1. The van der Waals surface area contributed by atoms with Crippen LogP contribution in [0.1, 0.15) is 5.82 Å². The lowest BCUT2D eigenvalue weighted by atomic mass is 10.3. The third-order valence-corrected chi connectivity index (χ3v) is 4.52. The van der Waals surface area contributed by atoms with Crippen LogP contribution in [0.4, 0.5) is 5.82 Å². The number of fused-ring (bicyclic) bond motifs is 2. The van der Waals surface area contributed by atoms with E-state index < -0.39 is 0 Å². The molecule has 0 unspecified atom stereocenters. The van der Waals surface area contributed by atoms with E-state index in [1.807, 2.05) is 30.4 Å². The highest BCUT2D eigenvalue weighted by Crippen LogP contribution is 2.22. The van der Waals surface area contributed by atoms with Crippen LogP contribution in [0.2, 0.25) is 0 Å². The Labute approximate surface area is 134 Å². The van der Waals surface area contributed by atoms with E-state index in [9.17, 15) is 4.79 Å². The van der Waals surface area contributed by atoms with Gasteiger partial charge in [0.2, 0.25) is 0 Å². The second kappa shape index (κ2) is 5.13. The zero-order valence-electron chi connectivity index (χ0n) is 12.5. The van der Waals surface area contributed by atoms with Crippen molar-refractivity contribution in [2.45, 2.75) is 6.54 Å². The smallest absolute Gasteiger partial charge is 0.268 e. The van der Waals surface area contributed by atoms with Crippen molar-refractivity contribution in [1.29, 1.82) is 0 Å². The van der Waals surface area contributed by atoms with Gasteiger partial charge in [0.1, 0.15) is 22.7 Å². The Morgan fingerprint density at radius 2 is 2.26 bits per heavy atom. The molecule has 4 heterocycles. The third kappa shape index (κ3) is 2.25. The summed E-state index contributed by atoms with van der Waals surface area (Å²) in [4.78, 5) is 29.9. The maximum absolute atomic E-state index is 12.1. The second-order valence-corrected chi connectivity index (χ2v) is 6.12. The molecular formula is C14H13N7OS. The second-order valence-electron chi connectivity index (χ2n) is 5.21. The molecule has 0 saturated carbocycles. The van der Waals surface area contributed by atoms with Gasteiger partial charge in [0.15, 0.2) is 5.65 Å². The molecule has 23 heavy (non-hydrogen) atoms. The van der Waals surface area contributed by atoms with Crippen molar-refractivity contribution in [2.24, 2.45) is 7.05 Å². The Morgan fingerprint density at radius 3 is 3.13 bits per heavy atom. The quantitative estimate of drug-likeness (QED) is 0.610. The van der Waals surface area contributed by atoms with Crippen LogP contribution in [0, 0.1) is 0 Å². The van der Waals surface area contributed by atoms with Gasteiger partial charge in [-0.1, -0.05) is 0 Å². The molecule has 0 aliphatic carbocycles. The topological polar surface area (TPSA) is 92.6 Å². The van der Waals surface area contributed by atoms with Crippen molar-refractivity contribution >= 4 is 38.4 Å². The summed E-state index contributed by atoms with van der Waals surface area (Å²) in [7, 11) is 3.73. The minimum absolute atomic E-state index is 0.109. The number of nitrogens with zero attached hydrogens (tertiary/aromatic N) is 6. The van der Waals surface area contributed by atoms with E-state index in [2.05, 4.69) is 25.0 Å². The zero-order chi connectivity index (χ0) is 16.0. The van der Waals surface area contributed by atoms with Crippen molar-refractivity contribution in [1.82, 2.24) is 29.7 Å². The van der Waals surface area contributed by atoms with E-state index in [1.54, 1.807) is 10.9 Å². The van der Waals surface area contributed by atoms with E-state index in [0.29, 0.717) is 17.1 Å². The molecule has 0 aromatic carbocycles. The average Bonchev–Trinajstić information content (AvgIpc) is 3.14. The highest BCUT2D eigenvalue weighted by molar-refractivity contribution is 7.17. The summed E-state index contributed by atoms with van der Waals surface area (Å²) < 4.78 is 2.35. The number of rotatable bonds is 3. The van der Waals surface area contributed by atoms with Crippen LogP contribution in [0.3, 0.4) is 0 Å². The maximum atomic E-state index is 12.1. The molecule has 0 radical (unpaired) electrons. The molecule has 0 aliphatic rings. The lowest BCUT2D eigenvalue weighted by Crippen LogP contribution is -2.22. The molecule has 4 rings (SSSR count). The minimum atomic E-state index is -0.109. The zero-order valence-corrected chi connectivity index (χ0v) is 13.3. The Bertz CT molecular complexity index is 1060. The summed E-state index contributed by atoms with van der Waals surface area (Å²) in [6.45, 7) is 0.433. The Hall–Kier alpha value is -2.81. The first-order valence-electron chi connectivity index (χ1n) is 6.94. The number of anilines is 1. The average molecular weight is 327 g/mol. The van der Waals surface area contributed by atoms with Crippen LogP contribution in [0.5, 0.6) is 0 Å². The molecule has 0 bridgehead atoms. The Kier molecular flexibility index (Phi) is 3.08. The van der Waals surface area contributed by atoms with Gasteiger partial charge in [-0.3, -0.25) is 9.48 Å². The van der Waals surface area contributed by atoms with E-state index in [1.165, 1.54) is 17.7 Å². The standard InChI is InChI=1S/C14H13N7OS/c1-20(12-8-5-17-21(2)13(8)16-7-15-12)6-10-18-9-3-4-23-11(9)14(22)19-10/h3-5,7H,6H2,1-2H3,(H,18,19,22). The van der Waals surface area contributed by atoms with Crippen LogP contribution in [-0.4, -0.2) is 36.8 Å². The van der Waals surface area contributed by atoms with Crippen molar-refractivity contribution in [2.75, 3.05) is 11.9 Å². The summed E-state index contributed by atoms with van der Waals surface area (Å²) in [5, 5.41) is 6.93. The number of H-pyrrole nitrogens is 1. The highest BCUT2D eigenvalue weighted by atomic mass is 32.1. The van der Waals surface area contributed by atoms with Gasteiger partial charge in [-0.15, -0.1) is 11.3 Å². The van der Waals surface area contributed by atoms with Gasteiger partial charge in [-0.2, -0.15) is 5.10 Å². The normalized spacial score (nSPS) is 11.4. The first-order valence-corrected chi connectivity index (χ1v) is 7.81. The monoisotopic (exact) mass is 327 g/mol. The molecule has 0 saturated heterocycles. The van der Waals surface area contributed by atoms with Gasteiger partial charge >= 0.3 is 0 Å². The lowest BCUT2D eigenvalue weighted by Gasteiger charge is -2.17. The fourth-order valence-electron chi connectivity index (χ4n) is 2.55. The Morgan fingerprint density at radius 1 is 1.39 bits per heavy atom. The van der Waals surface area contributed by atoms with E-state index >= 15 is 0 Å². The first kappa shape index (κ1) is 13.8. The fourth-order valence-corrected chi connectivity index (χ4v) is 3.28. The van der Waals surface area contributed by atoms with E-state index in [4.69, 9.17) is 0 Å². The number of hydrogen-bond donors (Lipinski definition) is 1. The summed E-state index contributed by atoms with van der Waals surface area (Å²) >= 11 is 1.39. The summed E-state index contributed by atoms with van der Waals surface area (Å²) in [6, 6.07) is 1.85. The van der Waals surface area contributed by atoms with Crippen LogP contribution in [0.25, 0.3) is 21.3 Å². The van der Waals surface area contributed by atoms with Crippen molar-refractivity contribution in [3.05, 3.63) is 40.1 Å². The number of nitrogens with one attached hydrogen (secondary N) is 1. The van der Waals surface area contributed by atoms with Gasteiger partial charge < -0.3 is 9.88 Å². The molecule has 0 aliphatic heterocycles. The molecule has 4 aromatic rings. The van der Waals surface area contributed by atoms with Gasteiger partial charge in [0, 0.05) is 14.1 Å². The molecular weight excluding hydrogens is 314 g/mol. The summed E-state index contributed by atoms with van der Waals surface area (Å²) in [5.41, 5.74) is 1.37. The van der Waals surface area contributed by atoms with Gasteiger partial charge in [0.05, 0.1) is 23.6 Å². The predicted molar refractivity (Wildman–Crippen MR) is 88.7 cm³/mol. The molecule has 8 nitrogen and oxygen atoms in total. The molecule has 0 spiro atoms. The van der Waals surface area contributed by atoms with Crippen molar-refractivity contribution in [3.63, 3.8) is 0 Å². The molecule has 4 aromatic heterocycles. The van der Waals surface area contributed by atoms with Crippen molar-refractivity contribution in [3.8, 4) is 0 Å². The molecule has 116 valence electrons. The molecule has 0 atom stereocenters. The number of aromatic nitrogens is 6. The molecule has 1 N–H and O–H groups in total. The SMILES string of the molecule is CN(Cc1nc2ccsc2c(=O)[nH]1)c1ncnc2c1cnn2C. The van der Waals surface area contributed by atoms with Crippen molar-refractivity contribution < 1.29 is 0 Å². The molecule has 0 fully saturated rings. The van der Waals surface area contributed by atoms with Gasteiger partial charge in [0.25, 0.3) is 5.56 Å². The van der Waals surface area contributed by atoms with E-state index in [0.717, 1.165) is 22.4 Å². The molecule has 9 heteroatoms. The van der Waals surface area contributed by atoms with Crippen LogP contribution < -0.4 is 10.5 Å². The fraction of sp³-hybridized carbons (Fsp3) is 0.214. The largest absolute Gasteiger partial charge is 0.351 e. The summed E-state index contributed by atoms with van der Waals surface area (Å²) in [5.74, 6) is 1.34. The maximum Gasteiger partial charge on any atom is 0.268 e. The number of aryl methyl sites for hydroxylation is 1.